The van der Waals surface area contributed by atoms with Crippen molar-refractivity contribution in [2.45, 2.75) is 35.1 Å². The fraction of sp³-hybridized carbons (Fsp3) is 0.333. The van der Waals surface area contributed by atoms with E-state index in [2.05, 4.69) is 22.1 Å². The fourth-order valence-corrected chi connectivity index (χ4v) is 4.58. The molecule has 1 saturated carbocycles. The van der Waals surface area contributed by atoms with E-state index < -0.39 is 18.8 Å². The number of carbonyl (C=O) groups is 2. The van der Waals surface area contributed by atoms with Crippen LogP contribution in [0.15, 0.2) is 59.0 Å². The number of hydrogen-bond acceptors (Lipinski definition) is 5. The number of carboxylic acid groups (broad SMARTS) is 1. The standard InChI is InChI=1S/C22H22ClFN4OS.C2HF3O2/c1-27(2)21(29)18-11-17(18)14-3-5-15(6-4-14)20-22(28(10-9-24)13-26-20)30-19-8-7-16(23)12-25-19;3-2(4,5)1(6)7/h3-8,12-13,17-18H,9-11H2,1-2H3;(H,6,7)/t17-,18+;/m1./s1. The third kappa shape index (κ3) is 7.45. The van der Waals surface area contributed by atoms with Crippen molar-refractivity contribution in [1.82, 2.24) is 19.4 Å². The van der Waals surface area contributed by atoms with Crippen LogP contribution in [-0.2, 0) is 16.1 Å². The Balaban J connectivity index is 0.000000479. The van der Waals surface area contributed by atoms with E-state index in [0.29, 0.717) is 5.02 Å². The molecule has 2 heterocycles. The topological polar surface area (TPSA) is 88.3 Å². The highest BCUT2D eigenvalue weighted by Crippen LogP contribution is 2.48. The normalized spacial score (nSPS) is 16.5. The molecule has 1 aromatic carbocycles. The minimum atomic E-state index is -5.08. The zero-order chi connectivity index (χ0) is 27.3. The average molecular weight is 559 g/mol. The van der Waals surface area contributed by atoms with Gasteiger partial charge in [0.1, 0.15) is 22.4 Å². The van der Waals surface area contributed by atoms with E-state index in [0.717, 1.165) is 33.3 Å². The Morgan fingerprint density at radius 3 is 2.32 bits per heavy atom. The molecule has 13 heteroatoms. The predicted molar refractivity (Wildman–Crippen MR) is 130 cm³/mol. The summed E-state index contributed by atoms with van der Waals surface area (Å²) in [6.07, 6.45) is -0.937. The molecule has 0 saturated heterocycles. The highest BCUT2D eigenvalue weighted by molar-refractivity contribution is 7.99. The third-order valence-electron chi connectivity index (χ3n) is 5.42. The Labute approximate surface area is 219 Å². The van der Waals surface area contributed by atoms with Crippen LogP contribution in [-0.4, -0.2) is 63.4 Å². The molecule has 0 radical (unpaired) electrons. The second-order valence-electron chi connectivity index (χ2n) is 8.30. The molecule has 0 spiro atoms. The summed E-state index contributed by atoms with van der Waals surface area (Å²) in [5.41, 5.74) is 2.90. The van der Waals surface area contributed by atoms with Crippen molar-refractivity contribution in [3.8, 4) is 11.3 Å². The lowest BCUT2D eigenvalue weighted by Gasteiger charge is -2.10. The van der Waals surface area contributed by atoms with Gasteiger partial charge < -0.3 is 14.6 Å². The van der Waals surface area contributed by atoms with Crippen LogP contribution in [0.25, 0.3) is 11.3 Å². The molecule has 7 nitrogen and oxygen atoms in total. The van der Waals surface area contributed by atoms with E-state index in [9.17, 15) is 22.4 Å². The SMILES string of the molecule is CN(C)C(=O)[C@H]1C[C@@H]1c1ccc(-c2ncn(CCF)c2Sc2ccc(Cl)cn2)cc1.O=C(O)C(F)(F)F. The molecule has 0 unspecified atom stereocenters. The second kappa shape index (κ2) is 12.0. The molecule has 1 amide bonds. The molecule has 1 N–H and O–H groups in total. The number of carbonyl (C=O) groups excluding carboxylic acids is 1. The van der Waals surface area contributed by atoms with Gasteiger partial charge in [-0.05, 0) is 41.8 Å². The number of carboxylic acids is 1. The molecule has 0 aliphatic heterocycles. The van der Waals surface area contributed by atoms with Crippen LogP contribution in [0.2, 0.25) is 5.02 Å². The molecular formula is C24H23ClF4N4O3S. The van der Waals surface area contributed by atoms with Crippen LogP contribution >= 0.6 is 23.4 Å². The lowest BCUT2D eigenvalue weighted by molar-refractivity contribution is -0.192. The Morgan fingerprint density at radius 1 is 1.16 bits per heavy atom. The number of alkyl halides is 4. The summed E-state index contributed by atoms with van der Waals surface area (Å²) in [4.78, 5) is 31.6. The second-order valence-corrected chi connectivity index (χ2v) is 9.75. The number of benzene rings is 1. The number of halogens is 5. The lowest BCUT2D eigenvalue weighted by Crippen LogP contribution is -2.23. The van der Waals surface area contributed by atoms with E-state index in [4.69, 9.17) is 21.5 Å². The molecule has 37 heavy (non-hydrogen) atoms. The van der Waals surface area contributed by atoms with E-state index in [1.165, 1.54) is 11.8 Å². The van der Waals surface area contributed by atoms with Gasteiger partial charge in [-0.15, -0.1) is 0 Å². The number of amides is 1. The molecule has 2 aromatic heterocycles. The molecule has 0 bridgehead atoms. The van der Waals surface area contributed by atoms with Gasteiger partial charge in [-0.25, -0.2) is 19.2 Å². The maximum absolute atomic E-state index is 13.0. The highest BCUT2D eigenvalue weighted by atomic mass is 35.5. The van der Waals surface area contributed by atoms with Crippen LogP contribution in [0.5, 0.6) is 0 Å². The van der Waals surface area contributed by atoms with E-state index in [-0.39, 0.29) is 24.3 Å². The zero-order valence-electron chi connectivity index (χ0n) is 19.7. The number of hydrogen-bond donors (Lipinski definition) is 1. The minimum Gasteiger partial charge on any atom is -0.475 e. The maximum Gasteiger partial charge on any atom is 0.490 e. The van der Waals surface area contributed by atoms with Crippen LogP contribution in [0, 0.1) is 5.92 Å². The summed E-state index contributed by atoms with van der Waals surface area (Å²) >= 11 is 7.37. The number of aryl methyl sites for hydroxylation is 1. The van der Waals surface area contributed by atoms with Crippen molar-refractivity contribution in [3.05, 3.63) is 59.5 Å². The Bertz CT molecular complexity index is 1230. The molecule has 198 valence electrons. The molecule has 4 rings (SSSR count). The van der Waals surface area contributed by atoms with Crippen LogP contribution in [0.4, 0.5) is 17.6 Å². The number of pyridine rings is 1. The van der Waals surface area contributed by atoms with Gasteiger partial charge in [0.2, 0.25) is 5.91 Å². The summed E-state index contributed by atoms with van der Waals surface area (Å²) in [6.45, 7) is -0.239. The lowest BCUT2D eigenvalue weighted by atomic mass is 10.0. The summed E-state index contributed by atoms with van der Waals surface area (Å²) in [7, 11) is 3.59. The Morgan fingerprint density at radius 2 is 1.81 bits per heavy atom. The first-order chi connectivity index (χ1) is 17.4. The monoisotopic (exact) mass is 558 g/mol. The molecular weight excluding hydrogens is 536 g/mol. The van der Waals surface area contributed by atoms with Crippen LogP contribution in [0.3, 0.4) is 0 Å². The predicted octanol–water partition coefficient (Wildman–Crippen LogP) is 5.54. The van der Waals surface area contributed by atoms with E-state index in [1.807, 2.05) is 18.2 Å². The largest absolute Gasteiger partial charge is 0.490 e. The van der Waals surface area contributed by atoms with Gasteiger partial charge in [0, 0.05) is 31.8 Å². The first kappa shape index (κ1) is 28.5. The summed E-state index contributed by atoms with van der Waals surface area (Å²) in [5.74, 6) is -2.21. The highest BCUT2D eigenvalue weighted by Gasteiger charge is 2.44. The van der Waals surface area contributed by atoms with Gasteiger partial charge in [-0.1, -0.05) is 35.9 Å². The quantitative estimate of drug-likeness (QED) is 0.383. The van der Waals surface area contributed by atoms with E-state index in [1.54, 1.807) is 42.2 Å². The maximum atomic E-state index is 13.0. The molecule has 1 fully saturated rings. The van der Waals surface area contributed by atoms with Crippen molar-refractivity contribution in [1.29, 1.82) is 0 Å². The van der Waals surface area contributed by atoms with Crippen molar-refractivity contribution in [3.63, 3.8) is 0 Å². The molecule has 1 aliphatic carbocycles. The van der Waals surface area contributed by atoms with Gasteiger partial charge in [-0.3, -0.25) is 4.79 Å². The summed E-state index contributed by atoms with van der Waals surface area (Å²) in [6, 6.07) is 11.8. The Hall–Kier alpha value is -3.12. The molecule has 2 atom stereocenters. The van der Waals surface area contributed by atoms with Gasteiger partial charge in [0.25, 0.3) is 0 Å². The Kier molecular flexibility index (Phi) is 9.19. The van der Waals surface area contributed by atoms with Crippen molar-refractivity contribution < 1.29 is 32.3 Å². The zero-order valence-corrected chi connectivity index (χ0v) is 21.3. The van der Waals surface area contributed by atoms with E-state index >= 15 is 0 Å². The smallest absolute Gasteiger partial charge is 0.475 e. The number of nitrogens with zero attached hydrogens (tertiary/aromatic N) is 4. The number of imidazole rings is 1. The third-order valence-corrected chi connectivity index (χ3v) is 6.72. The number of aliphatic carboxylic acids is 1. The van der Waals surface area contributed by atoms with Crippen molar-refractivity contribution >= 4 is 35.2 Å². The summed E-state index contributed by atoms with van der Waals surface area (Å²) < 4.78 is 46.6. The average Bonchev–Trinajstić information content (AvgIpc) is 3.55. The summed E-state index contributed by atoms with van der Waals surface area (Å²) in [5, 5.41) is 9.29. The minimum absolute atomic E-state index is 0.0803. The fourth-order valence-electron chi connectivity index (χ4n) is 3.50. The number of aromatic nitrogens is 3. The van der Waals surface area contributed by atoms with Gasteiger partial charge in [0.05, 0.1) is 17.9 Å². The van der Waals surface area contributed by atoms with Gasteiger partial charge in [0.15, 0.2) is 0 Å². The first-order valence-corrected chi connectivity index (χ1v) is 12.1. The van der Waals surface area contributed by atoms with Crippen molar-refractivity contribution in [2.75, 3.05) is 20.8 Å². The molecule has 3 aromatic rings. The number of rotatable bonds is 7. The first-order valence-electron chi connectivity index (χ1n) is 10.9. The van der Waals surface area contributed by atoms with Crippen LogP contribution in [0.1, 0.15) is 17.9 Å². The van der Waals surface area contributed by atoms with Gasteiger partial charge >= 0.3 is 12.1 Å². The van der Waals surface area contributed by atoms with Gasteiger partial charge in [-0.2, -0.15) is 13.2 Å². The van der Waals surface area contributed by atoms with Crippen LogP contribution < -0.4 is 0 Å². The molecule has 1 aliphatic rings. The van der Waals surface area contributed by atoms with Crippen molar-refractivity contribution in [2.24, 2.45) is 5.92 Å².